The molecule has 2 aliphatic carbocycles. The van der Waals surface area contributed by atoms with Crippen LogP contribution >= 0.6 is 0 Å². The van der Waals surface area contributed by atoms with Crippen molar-refractivity contribution in [3.05, 3.63) is 29.8 Å². The molecule has 2 saturated carbocycles. The second-order valence-corrected chi connectivity index (χ2v) is 8.83. The maximum absolute atomic E-state index is 5.90. The van der Waals surface area contributed by atoms with E-state index in [1.165, 1.54) is 50.5 Å². The van der Waals surface area contributed by atoms with Crippen molar-refractivity contribution in [1.29, 1.82) is 0 Å². The number of benzene rings is 1. The van der Waals surface area contributed by atoms with E-state index in [9.17, 15) is 0 Å². The van der Waals surface area contributed by atoms with Crippen LogP contribution in [0.2, 0.25) is 0 Å². The van der Waals surface area contributed by atoms with E-state index in [1.807, 2.05) is 0 Å². The molecule has 1 aromatic rings. The molecule has 0 amide bonds. The van der Waals surface area contributed by atoms with Crippen LogP contribution in [0, 0.1) is 11.8 Å². The van der Waals surface area contributed by atoms with Gasteiger partial charge >= 0.3 is 0 Å². The van der Waals surface area contributed by atoms with E-state index >= 15 is 0 Å². The van der Waals surface area contributed by atoms with E-state index in [1.54, 1.807) is 0 Å². The molecule has 0 N–H and O–H groups in total. The average Bonchev–Trinajstić information content (AvgIpc) is 3.17. The van der Waals surface area contributed by atoms with E-state index in [0.717, 1.165) is 62.6 Å². The molecule has 0 bridgehead atoms. The van der Waals surface area contributed by atoms with Crippen LogP contribution < -0.4 is 4.74 Å². The summed E-state index contributed by atoms with van der Waals surface area (Å²) in [7, 11) is 0. The minimum atomic E-state index is -0.200. The van der Waals surface area contributed by atoms with Crippen molar-refractivity contribution < 1.29 is 14.2 Å². The Bertz CT molecular complexity index is 558. The van der Waals surface area contributed by atoms with E-state index in [0.29, 0.717) is 0 Å². The Morgan fingerprint density at radius 2 is 1.52 bits per heavy atom. The Balaban J connectivity index is 1.23. The van der Waals surface area contributed by atoms with Crippen LogP contribution in [-0.4, -0.2) is 25.6 Å². The Morgan fingerprint density at radius 1 is 0.889 bits per heavy atom. The average molecular weight is 373 g/mol. The Hall–Kier alpha value is -1.06. The van der Waals surface area contributed by atoms with Crippen molar-refractivity contribution >= 4 is 0 Å². The van der Waals surface area contributed by atoms with Gasteiger partial charge in [0, 0.05) is 12.8 Å². The molecular weight excluding hydrogens is 336 g/mol. The number of hydrogen-bond acceptors (Lipinski definition) is 3. The van der Waals surface area contributed by atoms with E-state index < -0.39 is 0 Å². The topological polar surface area (TPSA) is 27.7 Å². The van der Waals surface area contributed by atoms with Gasteiger partial charge in [-0.2, -0.15) is 0 Å². The molecule has 0 radical (unpaired) electrons. The minimum absolute atomic E-state index is 0.200. The second-order valence-electron chi connectivity index (χ2n) is 8.83. The molecule has 150 valence electrons. The van der Waals surface area contributed by atoms with E-state index in [4.69, 9.17) is 14.2 Å². The van der Waals surface area contributed by atoms with Gasteiger partial charge in [-0.05, 0) is 80.4 Å². The number of rotatable bonds is 6. The molecule has 1 saturated heterocycles. The first-order chi connectivity index (χ1) is 13.3. The molecule has 0 aromatic heterocycles. The monoisotopic (exact) mass is 372 g/mol. The molecule has 3 aliphatic rings. The predicted octanol–water partition coefficient (Wildman–Crippen LogP) is 6.07. The third kappa shape index (κ3) is 4.68. The summed E-state index contributed by atoms with van der Waals surface area (Å²) >= 11 is 0. The highest BCUT2D eigenvalue weighted by molar-refractivity contribution is 5.29. The quantitative estimate of drug-likeness (QED) is 0.567. The molecule has 1 aliphatic heterocycles. The first-order valence-corrected chi connectivity index (χ1v) is 11.3. The van der Waals surface area contributed by atoms with Crippen molar-refractivity contribution in [2.45, 2.75) is 82.8 Å². The Morgan fingerprint density at radius 3 is 2.15 bits per heavy atom. The summed E-state index contributed by atoms with van der Waals surface area (Å²) in [5.41, 5.74) is 1.51. The first kappa shape index (κ1) is 19.3. The molecule has 1 spiro atoms. The number of hydrogen-bond donors (Lipinski definition) is 0. The highest BCUT2D eigenvalue weighted by atomic mass is 16.7. The summed E-state index contributed by atoms with van der Waals surface area (Å²) in [6, 6.07) is 8.93. The number of ether oxygens (including phenoxy) is 3. The van der Waals surface area contributed by atoms with Gasteiger partial charge in [-0.1, -0.05) is 25.5 Å². The standard InChI is InChI=1S/C24H36O3/c1-2-3-16-25-23-10-8-21(9-11-23)19-4-6-20(7-5-19)22-12-14-24(15-13-22)26-17-18-27-24/h8-11,19-20,22H,2-7,12-18H2,1H3. The zero-order chi connectivity index (χ0) is 18.5. The van der Waals surface area contributed by atoms with E-state index in [-0.39, 0.29) is 5.79 Å². The SMILES string of the molecule is CCCCOc1ccc(C2CCC(C3CCC4(CC3)OCCO4)CC2)cc1. The summed E-state index contributed by atoms with van der Waals surface area (Å²) < 4.78 is 17.6. The molecular formula is C24H36O3. The fourth-order valence-corrected chi connectivity index (χ4v) is 5.43. The maximum Gasteiger partial charge on any atom is 0.168 e. The van der Waals surface area contributed by atoms with Crippen LogP contribution in [0.25, 0.3) is 0 Å². The summed E-state index contributed by atoms with van der Waals surface area (Å²) in [6.45, 7) is 4.61. The third-order valence-corrected chi connectivity index (χ3v) is 7.16. The van der Waals surface area contributed by atoms with Gasteiger partial charge in [-0.25, -0.2) is 0 Å². The van der Waals surface area contributed by atoms with Gasteiger partial charge in [-0.15, -0.1) is 0 Å². The van der Waals surface area contributed by atoms with Crippen molar-refractivity contribution in [2.75, 3.05) is 19.8 Å². The number of unbranched alkanes of at least 4 members (excludes halogenated alkanes) is 1. The van der Waals surface area contributed by atoms with Crippen LogP contribution in [0.3, 0.4) is 0 Å². The van der Waals surface area contributed by atoms with Gasteiger partial charge in [0.2, 0.25) is 0 Å². The van der Waals surface area contributed by atoms with Crippen LogP contribution in [0.15, 0.2) is 24.3 Å². The fourth-order valence-electron chi connectivity index (χ4n) is 5.43. The molecule has 27 heavy (non-hydrogen) atoms. The molecule has 3 heteroatoms. The van der Waals surface area contributed by atoms with Crippen LogP contribution in [0.1, 0.15) is 82.6 Å². The highest BCUT2D eigenvalue weighted by Crippen LogP contribution is 2.46. The van der Waals surface area contributed by atoms with Crippen LogP contribution in [-0.2, 0) is 9.47 Å². The molecule has 1 heterocycles. The third-order valence-electron chi connectivity index (χ3n) is 7.16. The highest BCUT2D eigenvalue weighted by Gasteiger charge is 2.42. The smallest absolute Gasteiger partial charge is 0.168 e. The fraction of sp³-hybridized carbons (Fsp3) is 0.750. The lowest BCUT2D eigenvalue weighted by Crippen LogP contribution is -2.37. The van der Waals surface area contributed by atoms with Gasteiger partial charge in [-0.3, -0.25) is 0 Å². The predicted molar refractivity (Wildman–Crippen MR) is 108 cm³/mol. The molecule has 4 rings (SSSR count). The lowest BCUT2D eigenvalue weighted by Gasteiger charge is -2.41. The molecule has 0 unspecified atom stereocenters. The largest absolute Gasteiger partial charge is 0.494 e. The zero-order valence-electron chi connectivity index (χ0n) is 17.0. The van der Waals surface area contributed by atoms with Gasteiger partial charge in [0.25, 0.3) is 0 Å². The van der Waals surface area contributed by atoms with Crippen molar-refractivity contribution in [3.8, 4) is 5.75 Å². The molecule has 0 atom stereocenters. The van der Waals surface area contributed by atoms with Crippen molar-refractivity contribution in [2.24, 2.45) is 11.8 Å². The van der Waals surface area contributed by atoms with Gasteiger partial charge in [0.15, 0.2) is 5.79 Å². The lowest BCUT2D eigenvalue weighted by atomic mass is 9.69. The zero-order valence-corrected chi connectivity index (χ0v) is 17.0. The summed E-state index contributed by atoms with van der Waals surface area (Å²) in [4.78, 5) is 0. The molecule has 3 fully saturated rings. The maximum atomic E-state index is 5.90. The Kier molecular flexibility index (Phi) is 6.39. The molecule has 3 nitrogen and oxygen atoms in total. The second kappa shape index (κ2) is 8.96. The Labute approximate surface area is 164 Å². The van der Waals surface area contributed by atoms with Crippen molar-refractivity contribution in [1.82, 2.24) is 0 Å². The summed E-state index contributed by atoms with van der Waals surface area (Å²) in [5.74, 6) is 3.36. The normalized spacial score (nSPS) is 28.5. The van der Waals surface area contributed by atoms with Crippen LogP contribution in [0.4, 0.5) is 0 Å². The summed E-state index contributed by atoms with van der Waals surface area (Å²) in [5, 5.41) is 0. The summed E-state index contributed by atoms with van der Waals surface area (Å²) in [6.07, 6.45) is 12.6. The van der Waals surface area contributed by atoms with Gasteiger partial charge in [0.1, 0.15) is 5.75 Å². The lowest BCUT2D eigenvalue weighted by molar-refractivity contribution is -0.185. The van der Waals surface area contributed by atoms with E-state index in [2.05, 4.69) is 31.2 Å². The van der Waals surface area contributed by atoms with Gasteiger partial charge in [0.05, 0.1) is 19.8 Å². The first-order valence-electron chi connectivity index (χ1n) is 11.3. The van der Waals surface area contributed by atoms with Gasteiger partial charge < -0.3 is 14.2 Å². The van der Waals surface area contributed by atoms with Crippen LogP contribution in [0.5, 0.6) is 5.75 Å². The molecule has 1 aromatic carbocycles. The van der Waals surface area contributed by atoms with Crippen molar-refractivity contribution in [3.63, 3.8) is 0 Å². The minimum Gasteiger partial charge on any atom is -0.494 e.